The normalized spacial score (nSPS) is 15.3. The number of aromatic nitrogens is 3. The number of anilines is 1. The Labute approximate surface area is 165 Å². The standard InChI is InChI=1S/C21H24ClN5/c1-16-4-3-5-20(17(16)2)26-12-10-25(11-13-26)14-21-24-23-15-27(21)19-8-6-18(22)7-9-19/h3-9,15H,10-14H2,1-2H3. The molecule has 1 aliphatic heterocycles. The number of hydrogen-bond donors (Lipinski definition) is 0. The van der Waals surface area contributed by atoms with Gasteiger partial charge in [0.1, 0.15) is 6.33 Å². The summed E-state index contributed by atoms with van der Waals surface area (Å²) < 4.78 is 2.04. The second-order valence-electron chi connectivity index (χ2n) is 7.08. The second-order valence-corrected chi connectivity index (χ2v) is 7.51. The second kappa shape index (κ2) is 7.71. The van der Waals surface area contributed by atoms with E-state index in [0.717, 1.165) is 49.3 Å². The Kier molecular flexibility index (Phi) is 5.14. The number of piperazine rings is 1. The highest BCUT2D eigenvalue weighted by molar-refractivity contribution is 6.30. The summed E-state index contributed by atoms with van der Waals surface area (Å²) in [5, 5.41) is 9.18. The average molecular weight is 382 g/mol. The molecule has 0 saturated carbocycles. The molecule has 2 heterocycles. The number of aryl methyl sites for hydroxylation is 1. The van der Waals surface area contributed by atoms with Crippen LogP contribution in [0.15, 0.2) is 48.8 Å². The van der Waals surface area contributed by atoms with Gasteiger partial charge in [-0.25, -0.2) is 0 Å². The molecule has 0 bridgehead atoms. The van der Waals surface area contributed by atoms with Gasteiger partial charge in [-0.1, -0.05) is 23.7 Å². The predicted molar refractivity (Wildman–Crippen MR) is 110 cm³/mol. The topological polar surface area (TPSA) is 37.2 Å². The number of nitrogens with zero attached hydrogens (tertiary/aromatic N) is 5. The predicted octanol–water partition coefficient (Wildman–Crippen LogP) is 3.86. The van der Waals surface area contributed by atoms with Gasteiger partial charge in [0.2, 0.25) is 0 Å². The summed E-state index contributed by atoms with van der Waals surface area (Å²) in [7, 11) is 0. The molecule has 1 fully saturated rings. The summed E-state index contributed by atoms with van der Waals surface area (Å²) in [5.74, 6) is 0.956. The molecule has 2 aromatic carbocycles. The Hall–Kier alpha value is -2.37. The zero-order valence-electron chi connectivity index (χ0n) is 15.8. The monoisotopic (exact) mass is 381 g/mol. The molecule has 6 heteroatoms. The summed E-state index contributed by atoms with van der Waals surface area (Å²) in [5.41, 5.74) is 5.13. The van der Waals surface area contributed by atoms with Crippen molar-refractivity contribution in [2.75, 3.05) is 31.1 Å². The van der Waals surface area contributed by atoms with Crippen molar-refractivity contribution in [3.05, 3.63) is 70.8 Å². The van der Waals surface area contributed by atoms with E-state index < -0.39 is 0 Å². The van der Waals surface area contributed by atoms with Gasteiger partial charge in [-0.3, -0.25) is 9.47 Å². The number of halogens is 1. The summed E-state index contributed by atoms with van der Waals surface area (Å²) in [6.45, 7) is 9.27. The van der Waals surface area contributed by atoms with Crippen LogP contribution in [0.4, 0.5) is 5.69 Å². The minimum absolute atomic E-state index is 0.732. The Bertz CT molecular complexity index is 911. The Morgan fingerprint density at radius 3 is 2.44 bits per heavy atom. The third-order valence-corrected chi connectivity index (χ3v) is 5.63. The van der Waals surface area contributed by atoms with Crippen LogP contribution in [0.25, 0.3) is 5.69 Å². The van der Waals surface area contributed by atoms with Gasteiger partial charge in [-0.05, 0) is 55.3 Å². The first-order valence-corrected chi connectivity index (χ1v) is 9.68. The van der Waals surface area contributed by atoms with Gasteiger partial charge in [-0.2, -0.15) is 0 Å². The minimum Gasteiger partial charge on any atom is -0.369 e. The van der Waals surface area contributed by atoms with E-state index in [0.29, 0.717) is 0 Å². The number of benzene rings is 2. The highest BCUT2D eigenvalue weighted by Crippen LogP contribution is 2.24. The maximum Gasteiger partial charge on any atom is 0.151 e. The highest BCUT2D eigenvalue weighted by Gasteiger charge is 2.20. The van der Waals surface area contributed by atoms with Crippen molar-refractivity contribution in [2.24, 2.45) is 0 Å². The average Bonchev–Trinajstić information content (AvgIpc) is 3.13. The molecule has 27 heavy (non-hydrogen) atoms. The SMILES string of the molecule is Cc1cccc(N2CCN(Cc3nncn3-c3ccc(Cl)cc3)CC2)c1C. The van der Waals surface area contributed by atoms with Crippen LogP contribution in [0.5, 0.6) is 0 Å². The van der Waals surface area contributed by atoms with E-state index in [2.05, 4.69) is 52.0 Å². The maximum atomic E-state index is 6.00. The van der Waals surface area contributed by atoms with Gasteiger partial charge >= 0.3 is 0 Å². The molecule has 1 aromatic heterocycles. The Morgan fingerprint density at radius 2 is 1.70 bits per heavy atom. The molecule has 3 aromatic rings. The molecule has 140 valence electrons. The van der Waals surface area contributed by atoms with Crippen molar-refractivity contribution in [2.45, 2.75) is 20.4 Å². The van der Waals surface area contributed by atoms with Crippen LogP contribution in [-0.4, -0.2) is 45.8 Å². The molecule has 0 spiro atoms. The van der Waals surface area contributed by atoms with Gasteiger partial charge in [-0.15, -0.1) is 10.2 Å². The maximum absolute atomic E-state index is 6.00. The van der Waals surface area contributed by atoms with Gasteiger partial charge in [0, 0.05) is 42.6 Å². The van der Waals surface area contributed by atoms with Crippen molar-refractivity contribution < 1.29 is 0 Å². The molecule has 0 atom stereocenters. The molecule has 0 unspecified atom stereocenters. The molecule has 1 saturated heterocycles. The summed E-state index contributed by atoms with van der Waals surface area (Å²) in [6.07, 6.45) is 1.77. The van der Waals surface area contributed by atoms with Gasteiger partial charge < -0.3 is 4.90 Å². The van der Waals surface area contributed by atoms with Crippen LogP contribution < -0.4 is 4.90 Å². The summed E-state index contributed by atoms with van der Waals surface area (Å²) in [4.78, 5) is 4.93. The van der Waals surface area contributed by atoms with Gasteiger partial charge in [0.05, 0.1) is 6.54 Å². The van der Waals surface area contributed by atoms with Crippen molar-refractivity contribution in [3.8, 4) is 5.69 Å². The third-order valence-electron chi connectivity index (χ3n) is 5.38. The Morgan fingerprint density at radius 1 is 0.963 bits per heavy atom. The fourth-order valence-electron chi connectivity index (χ4n) is 3.61. The lowest BCUT2D eigenvalue weighted by Crippen LogP contribution is -2.46. The molecule has 0 amide bonds. The van der Waals surface area contributed by atoms with Crippen LogP contribution in [0.3, 0.4) is 0 Å². The number of hydrogen-bond acceptors (Lipinski definition) is 4. The quantitative estimate of drug-likeness (QED) is 0.687. The molecule has 1 aliphatic rings. The molecule has 4 rings (SSSR count). The lowest BCUT2D eigenvalue weighted by molar-refractivity contribution is 0.242. The van der Waals surface area contributed by atoms with Gasteiger partial charge in [0.15, 0.2) is 5.82 Å². The molecule has 0 N–H and O–H groups in total. The fraction of sp³-hybridized carbons (Fsp3) is 0.333. The van der Waals surface area contributed by atoms with Crippen molar-refractivity contribution in [1.29, 1.82) is 0 Å². The van der Waals surface area contributed by atoms with Crippen LogP contribution in [-0.2, 0) is 6.54 Å². The lowest BCUT2D eigenvalue weighted by atomic mass is 10.1. The van der Waals surface area contributed by atoms with E-state index in [1.165, 1.54) is 16.8 Å². The highest BCUT2D eigenvalue weighted by atomic mass is 35.5. The van der Waals surface area contributed by atoms with Crippen LogP contribution in [0.1, 0.15) is 17.0 Å². The molecular formula is C21H24ClN5. The van der Waals surface area contributed by atoms with E-state index in [-0.39, 0.29) is 0 Å². The van der Waals surface area contributed by atoms with E-state index in [9.17, 15) is 0 Å². The first kappa shape index (κ1) is 18.0. The zero-order chi connectivity index (χ0) is 18.8. The Balaban J connectivity index is 1.42. The minimum atomic E-state index is 0.732. The molecule has 0 aliphatic carbocycles. The van der Waals surface area contributed by atoms with Crippen LogP contribution in [0.2, 0.25) is 5.02 Å². The zero-order valence-corrected chi connectivity index (χ0v) is 16.5. The van der Waals surface area contributed by atoms with E-state index in [1.807, 2.05) is 28.8 Å². The van der Waals surface area contributed by atoms with Gasteiger partial charge in [0.25, 0.3) is 0 Å². The summed E-state index contributed by atoms with van der Waals surface area (Å²) >= 11 is 6.00. The molecule has 5 nitrogen and oxygen atoms in total. The molecule has 0 radical (unpaired) electrons. The van der Waals surface area contributed by atoms with E-state index >= 15 is 0 Å². The third kappa shape index (κ3) is 3.84. The van der Waals surface area contributed by atoms with Crippen molar-refractivity contribution in [1.82, 2.24) is 19.7 Å². The van der Waals surface area contributed by atoms with E-state index in [4.69, 9.17) is 11.6 Å². The van der Waals surface area contributed by atoms with E-state index in [1.54, 1.807) is 6.33 Å². The first-order valence-electron chi connectivity index (χ1n) is 9.30. The lowest BCUT2D eigenvalue weighted by Gasteiger charge is -2.36. The smallest absolute Gasteiger partial charge is 0.151 e. The number of rotatable bonds is 4. The van der Waals surface area contributed by atoms with Crippen molar-refractivity contribution in [3.63, 3.8) is 0 Å². The van der Waals surface area contributed by atoms with Crippen LogP contribution in [0, 0.1) is 13.8 Å². The molecular weight excluding hydrogens is 358 g/mol. The largest absolute Gasteiger partial charge is 0.369 e. The summed E-state index contributed by atoms with van der Waals surface area (Å²) in [6, 6.07) is 14.3. The first-order chi connectivity index (χ1) is 13.1. The fourth-order valence-corrected chi connectivity index (χ4v) is 3.74. The van der Waals surface area contributed by atoms with Crippen molar-refractivity contribution >= 4 is 17.3 Å². The van der Waals surface area contributed by atoms with Crippen LogP contribution >= 0.6 is 11.6 Å².